The Morgan fingerprint density at radius 2 is 1.69 bits per heavy atom. The number of anilines is 1. The molecule has 1 fully saturated rings. The molecule has 0 saturated carbocycles. The third-order valence-electron chi connectivity index (χ3n) is 4.89. The average molecular weight is 522 g/mol. The van der Waals surface area contributed by atoms with Crippen molar-refractivity contribution in [1.29, 1.82) is 0 Å². The minimum absolute atomic E-state index is 0.284. The van der Waals surface area contributed by atoms with E-state index in [9.17, 15) is 13.2 Å². The molecule has 0 aliphatic carbocycles. The zero-order chi connectivity index (χ0) is 23.4. The Bertz CT molecular complexity index is 1170. The highest BCUT2D eigenvalue weighted by Gasteiger charge is 2.23. The molecule has 1 aliphatic rings. The van der Waals surface area contributed by atoms with Gasteiger partial charge in [0.25, 0.3) is 16.5 Å². The van der Waals surface area contributed by atoms with Crippen molar-refractivity contribution in [2.45, 2.75) is 31.3 Å². The van der Waals surface area contributed by atoms with Gasteiger partial charge >= 0.3 is 0 Å². The van der Waals surface area contributed by atoms with Crippen LogP contribution in [0.3, 0.4) is 0 Å². The maximum absolute atomic E-state index is 13.1. The predicted molar refractivity (Wildman–Crippen MR) is 131 cm³/mol. The number of nitrogens with one attached hydrogen (secondary N) is 1. The van der Waals surface area contributed by atoms with E-state index in [0.717, 1.165) is 41.7 Å². The van der Waals surface area contributed by atoms with Gasteiger partial charge in [0.05, 0.1) is 10.4 Å². The van der Waals surface area contributed by atoms with Crippen LogP contribution in [0.15, 0.2) is 64.1 Å². The molecule has 2 heterocycles. The molecule has 0 atom stereocenters. The van der Waals surface area contributed by atoms with E-state index in [1.807, 2.05) is 39.0 Å². The molecule has 3 aromatic rings. The molecule has 0 amide bonds. The van der Waals surface area contributed by atoms with E-state index in [1.54, 1.807) is 30.5 Å². The molecule has 4 rings (SSSR count). The monoisotopic (exact) mass is 521 g/mol. The predicted octanol–water partition coefficient (Wildman–Crippen LogP) is 4.01. The zero-order valence-electron chi connectivity index (χ0n) is 18.4. The Kier molecular flexibility index (Phi) is 7.63. The van der Waals surface area contributed by atoms with E-state index in [1.165, 1.54) is 3.97 Å². The number of rotatable bonds is 4. The van der Waals surface area contributed by atoms with Crippen LogP contribution < -0.4 is 10.2 Å². The molecule has 1 saturated heterocycles. The van der Waals surface area contributed by atoms with Crippen LogP contribution in [0.4, 0.5) is 5.69 Å². The van der Waals surface area contributed by atoms with E-state index >= 15 is 0 Å². The number of ether oxygens (including phenoxy) is 1. The Hall–Kier alpha value is -2.36. The van der Waals surface area contributed by atoms with E-state index < -0.39 is 10.0 Å². The van der Waals surface area contributed by atoms with Crippen LogP contribution in [0, 0.1) is 0 Å². The number of fused-ring (bicyclic) bond motifs is 1. The van der Waals surface area contributed by atoms with Crippen molar-refractivity contribution in [3.63, 3.8) is 0 Å². The van der Waals surface area contributed by atoms with Crippen molar-refractivity contribution in [3.05, 3.63) is 59.2 Å². The number of carbonyl (C=O) groups excluding carboxylic acids is 1. The maximum Gasteiger partial charge on any atom is 0.293 e. The molecule has 1 aromatic heterocycles. The molecule has 7 nitrogen and oxygen atoms in total. The first-order valence-corrected chi connectivity index (χ1v) is 12.6. The summed E-state index contributed by atoms with van der Waals surface area (Å²) >= 11 is 3.57. The van der Waals surface area contributed by atoms with E-state index in [0.29, 0.717) is 12.0 Å². The number of benzene rings is 2. The molecule has 0 spiro atoms. The van der Waals surface area contributed by atoms with Crippen LogP contribution in [0.2, 0.25) is 0 Å². The lowest BCUT2D eigenvalue weighted by Gasteiger charge is -2.30. The average Bonchev–Trinajstić information content (AvgIpc) is 3.12. The fraction of sp³-hybridized carbons (Fsp3) is 0.348. The number of nitrogens with zero attached hydrogens (tertiary/aromatic N) is 2. The van der Waals surface area contributed by atoms with Crippen LogP contribution >= 0.6 is 15.9 Å². The van der Waals surface area contributed by atoms with Crippen molar-refractivity contribution in [2.75, 3.05) is 31.1 Å². The Labute approximate surface area is 197 Å². The summed E-state index contributed by atoms with van der Waals surface area (Å²) in [7, 11) is -3.64. The minimum Gasteiger partial charge on any atom is -0.462 e. The summed E-state index contributed by atoms with van der Waals surface area (Å²) < 4.78 is 32.8. The summed E-state index contributed by atoms with van der Waals surface area (Å²) in [6.07, 6.45) is 1.65. The van der Waals surface area contributed by atoms with Crippen molar-refractivity contribution in [2.24, 2.45) is 0 Å². The first-order valence-electron chi connectivity index (χ1n) is 10.3. The van der Waals surface area contributed by atoms with Gasteiger partial charge in [-0.25, -0.2) is 12.4 Å². The Morgan fingerprint density at radius 1 is 1.03 bits per heavy atom. The first kappa shape index (κ1) is 24.3. The van der Waals surface area contributed by atoms with Gasteiger partial charge in [0.1, 0.15) is 5.60 Å². The molecule has 1 aliphatic heterocycles. The van der Waals surface area contributed by atoms with Crippen molar-refractivity contribution < 1.29 is 17.9 Å². The van der Waals surface area contributed by atoms with Crippen molar-refractivity contribution in [3.8, 4) is 0 Å². The summed E-state index contributed by atoms with van der Waals surface area (Å²) in [5.74, 6) is 0. The number of carbonyl (C=O) groups is 1. The number of hydrogen-bond donors (Lipinski definition) is 1. The summed E-state index contributed by atoms with van der Waals surface area (Å²) in [4.78, 5) is 12.2. The van der Waals surface area contributed by atoms with Gasteiger partial charge in [0.15, 0.2) is 0 Å². The zero-order valence-corrected chi connectivity index (χ0v) is 20.8. The number of aromatic nitrogens is 1. The van der Waals surface area contributed by atoms with Gasteiger partial charge in [-0.2, -0.15) is 0 Å². The van der Waals surface area contributed by atoms with Gasteiger partial charge < -0.3 is 15.0 Å². The SMILES string of the molecule is CC(C)(C)OC=O.O=S(=O)(c1ccccc1)n1cc(Br)c2c(N3CCNCC3)cccc21. The normalized spacial score (nSPS) is 14.6. The second-order valence-electron chi connectivity index (χ2n) is 8.33. The van der Waals surface area contributed by atoms with Crippen LogP contribution in [0.25, 0.3) is 10.9 Å². The largest absolute Gasteiger partial charge is 0.462 e. The van der Waals surface area contributed by atoms with E-state index in [2.05, 4.69) is 36.9 Å². The summed E-state index contributed by atoms with van der Waals surface area (Å²) in [6.45, 7) is 9.59. The third kappa shape index (κ3) is 5.51. The number of piperazine rings is 1. The van der Waals surface area contributed by atoms with Crippen molar-refractivity contribution in [1.82, 2.24) is 9.29 Å². The third-order valence-corrected chi connectivity index (χ3v) is 7.18. The summed E-state index contributed by atoms with van der Waals surface area (Å²) in [6, 6.07) is 14.3. The highest BCUT2D eigenvalue weighted by molar-refractivity contribution is 9.10. The fourth-order valence-electron chi connectivity index (χ4n) is 3.41. The fourth-order valence-corrected chi connectivity index (χ4v) is 5.54. The molecule has 2 aromatic carbocycles. The standard InChI is InChI=1S/C18H18BrN3O2S.C5H10O2/c19-15-13-22(25(23,24)14-5-2-1-3-6-14)17-8-4-7-16(18(15)17)21-11-9-20-10-12-21;1-5(2,3)7-4-6/h1-8,13,20H,9-12H2;4H,1-3H3. The first-order chi connectivity index (χ1) is 15.1. The van der Waals surface area contributed by atoms with Gasteiger partial charge in [0.2, 0.25) is 0 Å². The lowest BCUT2D eigenvalue weighted by atomic mass is 10.2. The molecule has 0 unspecified atom stereocenters. The quantitative estimate of drug-likeness (QED) is 0.522. The van der Waals surface area contributed by atoms with Gasteiger partial charge in [0, 0.05) is 47.9 Å². The van der Waals surface area contributed by atoms with E-state index in [4.69, 9.17) is 0 Å². The minimum atomic E-state index is -3.64. The smallest absolute Gasteiger partial charge is 0.293 e. The van der Waals surface area contributed by atoms with Crippen LogP contribution in [-0.2, 0) is 19.6 Å². The molecule has 1 N–H and O–H groups in total. The van der Waals surface area contributed by atoms with Gasteiger partial charge in [-0.1, -0.05) is 24.3 Å². The van der Waals surface area contributed by atoms with Crippen LogP contribution in [-0.4, -0.2) is 50.6 Å². The molecule has 32 heavy (non-hydrogen) atoms. The second kappa shape index (κ2) is 10.1. The highest BCUT2D eigenvalue weighted by Crippen LogP contribution is 2.36. The maximum atomic E-state index is 13.1. The molecule has 0 bridgehead atoms. The van der Waals surface area contributed by atoms with E-state index in [-0.39, 0.29) is 10.5 Å². The molecule has 0 radical (unpaired) electrons. The number of halogens is 1. The van der Waals surface area contributed by atoms with Crippen LogP contribution in [0.1, 0.15) is 20.8 Å². The molecule has 9 heteroatoms. The van der Waals surface area contributed by atoms with Gasteiger partial charge in [-0.3, -0.25) is 4.79 Å². The molecular weight excluding hydrogens is 494 g/mol. The Balaban J connectivity index is 0.000000360. The molecule has 172 valence electrons. The summed E-state index contributed by atoms with van der Waals surface area (Å²) in [5, 5.41) is 4.28. The topological polar surface area (TPSA) is 80.6 Å². The lowest BCUT2D eigenvalue weighted by molar-refractivity contribution is -0.138. The van der Waals surface area contributed by atoms with Crippen molar-refractivity contribution >= 4 is 49.0 Å². The Morgan fingerprint density at radius 3 is 2.25 bits per heavy atom. The highest BCUT2D eigenvalue weighted by atomic mass is 79.9. The second-order valence-corrected chi connectivity index (χ2v) is 11.0. The van der Waals surface area contributed by atoms with Crippen LogP contribution in [0.5, 0.6) is 0 Å². The number of hydrogen-bond acceptors (Lipinski definition) is 6. The van der Waals surface area contributed by atoms with Gasteiger partial charge in [-0.05, 0) is 61.0 Å². The molecular formula is C23H28BrN3O4S. The summed E-state index contributed by atoms with van der Waals surface area (Å²) in [5.41, 5.74) is 1.43. The van der Waals surface area contributed by atoms with Gasteiger partial charge in [-0.15, -0.1) is 0 Å². The lowest BCUT2D eigenvalue weighted by Crippen LogP contribution is -2.43.